The van der Waals surface area contributed by atoms with E-state index in [1.165, 1.54) is 5.41 Å². The molecule has 1 aliphatic heterocycles. The van der Waals surface area contributed by atoms with Gasteiger partial charge in [-0.3, -0.25) is 0 Å². The van der Waals surface area contributed by atoms with Gasteiger partial charge in [0.05, 0.1) is 4.90 Å². The van der Waals surface area contributed by atoms with Crippen LogP contribution in [0.25, 0.3) is 5.57 Å². The highest BCUT2D eigenvalue weighted by molar-refractivity contribution is 7.99. The van der Waals surface area contributed by atoms with Crippen molar-refractivity contribution in [2.75, 3.05) is 12.0 Å². The predicted molar refractivity (Wildman–Crippen MR) is 65.0 cm³/mol. The van der Waals surface area contributed by atoms with Gasteiger partial charge < -0.3 is 0 Å². The van der Waals surface area contributed by atoms with E-state index in [0.717, 1.165) is 5.57 Å². The smallest absolute Gasteiger partial charge is 0.200 e. The number of rotatable bonds is 2. The van der Waals surface area contributed by atoms with Crippen LogP contribution in [0.1, 0.15) is 5.56 Å². The maximum Gasteiger partial charge on any atom is 0.200 e. The van der Waals surface area contributed by atoms with Gasteiger partial charge in [-0.15, -0.1) is 0 Å². The molecule has 0 bridgehead atoms. The molecule has 0 amide bonds. The van der Waals surface area contributed by atoms with E-state index in [9.17, 15) is 8.42 Å². The molecule has 0 spiro atoms. The van der Waals surface area contributed by atoms with Crippen LogP contribution in [0.3, 0.4) is 0 Å². The number of thioether (sulfide) groups is 1. The lowest BCUT2D eigenvalue weighted by Crippen LogP contribution is -1.93. The lowest BCUT2D eigenvalue weighted by Gasteiger charge is -2.04. The maximum absolute atomic E-state index is 11.7. The van der Waals surface area contributed by atoms with Gasteiger partial charge in [-0.05, 0) is 24.0 Å². The quantitative estimate of drug-likeness (QED) is 0.820. The van der Waals surface area contributed by atoms with Crippen molar-refractivity contribution in [3.8, 4) is 0 Å². The van der Waals surface area contributed by atoms with Gasteiger partial charge in [-0.25, -0.2) is 8.42 Å². The summed E-state index contributed by atoms with van der Waals surface area (Å²) in [5.74, 6) is 0.663. The Hall–Kier alpha value is -0.450. The van der Waals surface area contributed by atoms with E-state index in [0.29, 0.717) is 21.2 Å². The van der Waals surface area contributed by atoms with Crippen LogP contribution in [-0.4, -0.2) is 20.4 Å². The van der Waals surface area contributed by atoms with Crippen molar-refractivity contribution in [2.24, 2.45) is 0 Å². The van der Waals surface area contributed by atoms with Gasteiger partial charge in [0.1, 0.15) is 0 Å². The molecule has 0 saturated carbocycles. The Morgan fingerprint density at radius 2 is 2.13 bits per heavy atom. The summed E-state index contributed by atoms with van der Waals surface area (Å²) in [6, 6.07) is 4.98. The molecular weight excluding hydrogens is 252 g/mol. The number of sulfone groups is 1. The second kappa shape index (κ2) is 3.85. The molecule has 0 aromatic heterocycles. The van der Waals surface area contributed by atoms with Crippen molar-refractivity contribution in [3.63, 3.8) is 0 Å². The predicted octanol–water partition coefficient (Wildman–Crippen LogP) is 2.83. The Bertz CT molecular complexity index is 532. The van der Waals surface area contributed by atoms with Crippen molar-refractivity contribution < 1.29 is 8.42 Å². The molecule has 80 valence electrons. The highest BCUT2D eigenvalue weighted by Gasteiger charge is 2.28. The number of halogens is 1. The van der Waals surface area contributed by atoms with Crippen molar-refractivity contribution >= 4 is 38.8 Å². The summed E-state index contributed by atoms with van der Waals surface area (Å²) >= 11 is 7.59. The van der Waals surface area contributed by atoms with Crippen molar-refractivity contribution in [1.29, 1.82) is 0 Å². The zero-order valence-electron chi connectivity index (χ0n) is 8.03. The van der Waals surface area contributed by atoms with Gasteiger partial charge >= 0.3 is 0 Å². The van der Waals surface area contributed by atoms with Crippen LogP contribution in [0.4, 0.5) is 0 Å². The summed E-state index contributed by atoms with van der Waals surface area (Å²) in [5, 5.41) is 1.83. The normalized spacial score (nSPS) is 17.3. The molecule has 0 aliphatic carbocycles. The van der Waals surface area contributed by atoms with Gasteiger partial charge in [-0.2, -0.15) is 11.8 Å². The summed E-state index contributed by atoms with van der Waals surface area (Å²) < 4.78 is 23.5. The van der Waals surface area contributed by atoms with Gasteiger partial charge in [0.15, 0.2) is 0 Å². The van der Waals surface area contributed by atoms with Crippen LogP contribution in [0.5, 0.6) is 0 Å². The lowest BCUT2D eigenvalue weighted by molar-refractivity contribution is 0.605. The summed E-state index contributed by atoms with van der Waals surface area (Å²) in [5.41, 5.74) is 1.47. The zero-order valence-corrected chi connectivity index (χ0v) is 10.4. The molecule has 1 aliphatic rings. The topological polar surface area (TPSA) is 34.1 Å². The Balaban J connectivity index is 2.69. The third-order valence-corrected chi connectivity index (χ3v) is 4.66. The number of hydrogen-bond acceptors (Lipinski definition) is 3. The molecule has 0 unspecified atom stereocenters. The molecule has 1 heterocycles. The molecular formula is C10H9ClO2S2. The van der Waals surface area contributed by atoms with Gasteiger partial charge in [0.2, 0.25) is 9.84 Å². The molecule has 0 fully saturated rings. The second-order valence-corrected chi connectivity index (χ2v) is 6.27. The third-order valence-electron chi connectivity index (χ3n) is 2.20. The molecule has 5 heteroatoms. The average Bonchev–Trinajstić information content (AvgIpc) is 2.41. The SMILES string of the molecule is CSCC1=CS(=O)(=O)c2cccc(Cl)c21. The van der Waals surface area contributed by atoms with Crippen LogP contribution in [-0.2, 0) is 9.84 Å². The monoisotopic (exact) mass is 260 g/mol. The summed E-state index contributed by atoms with van der Waals surface area (Å²) in [6.07, 6.45) is 1.93. The van der Waals surface area contributed by atoms with Crippen LogP contribution in [0.15, 0.2) is 28.5 Å². The van der Waals surface area contributed by atoms with E-state index in [2.05, 4.69) is 0 Å². The lowest BCUT2D eigenvalue weighted by atomic mass is 10.1. The molecule has 0 atom stereocenters. The summed E-state index contributed by atoms with van der Waals surface area (Å²) in [7, 11) is -3.26. The van der Waals surface area contributed by atoms with Crippen LogP contribution >= 0.6 is 23.4 Å². The third kappa shape index (κ3) is 1.82. The Morgan fingerprint density at radius 1 is 1.40 bits per heavy atom. The second-order valence-electron chi connectivity index (χ2n) is 3.23. The van der Waals surface area contributed by atoms with E-state index < -0.39 is 9.84 Å². The van der Waals surface area contributed by atoms with E-state index in [1.807, 2.05) is 6.26 Å². The van der Waals surface area contributed by atoms with Crippen molar-refractivity contribution in [1.82, 2.24) is 0 Å². The highest BCUT2D eigenvalue weighted by Crippen LogP contribution is 2.38. The van der Waals surface area contributed by atoms with Gasteiger partial charge in [-0.1, -0.05) is 17.7 Å². The average molecular weight is 261 g/mol. The molecule has 15 heavy (non-hydrogen) atoms. The van der Waals surface area contributed by atoms with E-state index >= 15 is 0 Å². The standard InChI is InChI=1S/C10H9ClO2S2/c1-14-5-7-6-15(12,13)9-4-2-3-8(11)10(7)9/h2-4,6H,5H2,1H3. The minimum absolute atomic E-state index is 0.332. The van der Waals surface area contributed by atoms with Gasteiger partial charge in [0.25, 0.3) is 0 Å². The zero-order chi connectivity index (χ0) is 11.1. The molecule has 1 aromatic rings. The first-order valence-corrected chi connectivity index (χ1v) is 7.61. The largest absolute Gasteiger partial charge is 0.219 e. The van der Waals surface area contributed by atoms with Crippen LogP contribution < -0.4 is 0 Å². The minimum atomic E-state index is -3.26. The highest BCUT2D eigenvalue weighted by atomic mass is 35.5. The number of hydrogen-bond donors (Lipinski definition) is 0. The summed E-state index contributed by atoms with van der Waals surface area (Å²) in [6.45, 7) is 0. The first-order valence-electron chi connectivity index (χ1n) is 4.30. The van der Waals surface area contributed by atoms with E-state index in [1.54, 1.807) is 30.0 Å². The Labute approximate surface area is 98.2 Å². The van der Waals surface area contributed by atoms with E-state index in [4.69, 9.17) is 11.6 Å². The van der Waals surface area contributed by atoms with Crippen molar-refractivity contribution in [2.45, 2.75) is 4.90 Å². The fourth-order valence-corrected chi connectivity index (χ4v) is 4.12. The first-order chi connectivity index (χ1) is 7.06. The fourth-order valence-electron chi connectivity index (χ4n) is 1.62. The Kier molecular flexibility index (Phi) is 2.83. The van der Waals surface area contributed by atoms with Crippen LogP contribution in [0.2, 0.25) is 5.02 Å². The minimum Gasteiger partial charge on any atom is -0.219 e. The summed E-state index contributed by atoms with van der Waals surface area (Å²) in [4.78, 5) is 0.332. The first kappa shape index (κ1) is 11.0. The van der Waals surface area contributed by atoms with Crippen molar-refractivity contribution in [3.05, 3.63) is 34.2 Å². The molecule has 0 saturated heterocycles. The van der Waals surface area contributed by atoms with Crippen LogP contribution in [0, 0.1) is 0 Å². The molecule has 2 nitrogen and oxygen atoms in total. The van der Waals surface area contributed by atoms with E-state index in [-0.39, 0.29) is 0 Å². The molecule has 1 aromatic carbocycles. The number of fused-ring (bicyclic) bond motifs is 1. The Morgan fingerprint density at radius 3 is 2.80 bits per heavy atom. The molecule has 0 radical (unpaired) electrons. The molecule has 2 rings (SSSR count). The maximum atomic E-state index is 11.7. The molecule has 0 N–H and O–H groups in total. The number of benzene rings is 1. The van der Waals surface area contributed by atoms with Gasteiger partial charge in [0, 0.05) is 21.7 Å². The fraction of sp³-hybridized carbons (Fsp3) is 0.200.